The zero-order chi connectivity index (χ0) is 12.4. The minimum atomic E-state index is 0.346. The first-order chi connectivity index (χ1) is 8.13. The van der Waals surface area contributed by atoms with Crippen LogP contribution in [0.2, 0.25) is 15.1 Å². The largest absolute Gasteiger partial charge is 0.329 e. The normalized spacial score (nSPS) is 10.8. The first kappa shape index (κ1) is 12.7. The molecule has 1 aromatic heterocycles. The van der Waals surface area contributed by atoms with Gasteiger partial charge < -0.3 is 5.73 Å². The van der Waals surface area contributed by atoms with E-state index in [1.54, 1.807) is 16.8 Å². The molecule has 0 saturated carbocycles. The second-order valence-electron chi connectivity index (χ2n) is 3.48. The van der Waals surface area contributed by atoms with Gasteiger partial charge in [0.05, 0.1) is 27.3 Å². The summed E-state index contributed by atoms with van der Waals surface area (Å²) in [4.78, 5) is 0. The number of rotatable bonds is 3. The standard InChI is InChI=1S/C11H10Cl3N3/c12-8-2-1-7(10(13)11(8)14)9-3-5-17(16-9)6-4-15/h1-3,5H,4,6,15H2. The molecule has 0 aliphatic heterocycles. The lowest BCUT2D eigenvalue weighted by molar-refractivity contribution is 0.627. The van der Waals surface area contributed by atoms with E-state index >= 15 is 0 Å². The highest BCUT2D eigenvalue weighted by Gasteiger charge is 2.12. The molecule has 0 aliphatic carbocycles. The Bertz CT molecular complexity index is 537. The molecule has 2 rings (SSSR count). The highest BCUT2D eigenvalue weighted by atomic mass is 35.5. The molecular weight excluding hydrogens is 281 g/mol. The molecular formula is C11H10Cl3N3. The van der Waals surface area contributed by atoms with Crippen LogP contribution in [0.4, 0.5) is 0 Å². The lowest BCUT2D eigenvalue weighted by Gasteiger charge is -2.04. The van der Waals surface area contributed by atoms with Crippen molar-refractivity contribution in [2.75, 3.05) is 6.54 Å². The van der Waals surface area contributed by atoms with Gasteiger partial charge in [-0.1, -0.05) is 34.8 Å². The SMILES string of the molecule is NCCn1ccc(-c2ccc(Cl)c(Cl)c2Cl)n1. The van der Waals surface area contributed by atoms with Crippen LogP contribution in [-0.4, -0.2) is 16.3 Å². The van der Waals surface area contributed by atoms with Gasteiger partial charge in [0.15, 0.2) is 0 Å². The van der Waals surface area contributed by atoms with Gasteiger partial charge in [0.2, 0.25) is 0 Å². The second-order valence-corrected chi connectivity index (χ2v) is 4.64. The maximum atomic E-state index is 6.13. The molecule has 0 spiro atoms. The highest BCUT2D eigenvalue weighted by molar-refractivity contribution is 6.49. The number of nitrogens with zero attached hydrogens (tertiary/aromatic N) is 2. The van der Waals surface area contributed by atoms with Crippen LogP contribution < -0.4 is 5.73 Å². The molecule has 90 valence electrons. The van der Waals surface area contributed by atoms with Crippen LogP contribution in [0.1, 0.15) is 0 Å². The molecule has 2 N–H and O–H groups in total. The zero-order valence-corrected chi connectivity index (χ0v) is 11.1. The van der Waals surface area contributed by atoms with Crippen LogP contribution in [0.3, 0.4) is 0 Å². The summed E-state index contributed by atoms with van der Waals surface area (Å²) in [6.45, 7) is 1.20. The molecule has 1 aromatic carbocycles. The number of hydrogen-bond acceptors (Lipinski definition) is 2. The van der Waals surface area contributed by atoms with Gasteiger partial charge >= 0.3 is 0 Å². The molecule has 0 amide bonds. The van der Waals surface area contributed by atoms with Gasteiger partial charge in [-0.05, 0) is 18.2 Å². The predicted octanol–water partition coefficient (Wildman–Crippen LogP) is 3.47. The van der Waals surface area contributed by atoms with Crippen molar-refractivity contribution in [1.82, 2.24) is 9.78 Å². The minimum Gasteiger partial charge on any atom is -0.329 e. The van der Waals surface area contributed by atoms with E-state index in [0.29, 0.717) is 28.2 Å². The molecule has 3 nitrogen and oxygen atoms in total. The molecule has 0 atom stereocenters. The summed E-state index contributed by atoms with van der Waals surface area (Å²) in [5.74, 6) is 0. The van der Waals surface area contributed by atoms with Crippen LogP contribution >= 0.6 is 34.8 Å². The van der Waals surface area contributed by atoms with Crippen molar-refractivity contribution in [2.45, 2.75) is 6.54 Å². The highest BCUT2D eigenvalue weighted by Crippen LogP contribution is 2.37. The van der Waals surface area contributed by atoms with Crippen LogP contribution in [0.5, 0.6) is 0 Å². The van der Waals surface area contributed by atoms with Gasteiger partial charge in [-0.15, -0.1) is 0 Å². The Balaban J connectivity index is 2.42. The van der Waals surface area contributed by atoms with E-state index in [9.17, 15) is 0 Å². The fourth-order valence-corrected chi connectivity index (χ4v) is 2.12. The van der Waals surface area contributed by atoms with Gasteiger partial charge in [-0.25, -0.2) is 0 Å². The van der Waals surface area contributed by atoms with Gasteiger partial charge in [0, 0.05) is 18.3 Å². The summed E-state index contributed by atoms with van der Waals surface area (Å²) in [7, 11) is 0. The third-order valence-corrected chi connectivity index (χ3v) is 3.60. The van der Waals surface area contributed by atoms with E-state index in [-0.39, 0.29) is 0 Å². The van der Waals surface area contributed by atoms with Crippen LogP contribution in [0.25, 0.3) is 11.3 Å². The monoisotopic (exact) mass is 289 g/mol. The summed E-state index contributed by atoms with van der Waals surface area (Å²) in [6.07, 6.45) is 1.85. The number of halogens is 3. The molecule has 17 heavy (non-hydrogen) atoms. The number of aromatic nitrogens is 2. The molecule has 0 bridgehead atoms. The second kappa shape index (κ2) is 5.27. The Morgan fingerprint density at radius 3 is 2.59 bits per heavy atom. The molecule has 0 unspecified atom stereocenters. The van der Waals surface area contributed by atoms with Crippen molar-refractivity contribution in [3.05, 3.63) is 39.5 Å². The van der Waals surface area contributed by atoms with Crippen LogP contribution in [-0.2, 0) is 6.54 Å². The van der Waals surface area contributed by atoms with Crippen molar-refractivity contribution in [3.63, 3.8) is 0 Å². The third kappa shape index (κ3) is 2.58. The molecule has 0 aliphatic rings. The Morgan fingerprint density at radius 1 is 1.12 bits per heavy atom. The lowest BCUT2D eigenvalue weighted by Crippen LogP contribution is -2.10. The topological polar surface area (TPSA) is 43.8 Å². The quantitative estimate of drug-likeness (QED) is 0.880. The number of hydrogen-bond donors (Lipinski definition) is 1. The van der Waals surface area contributed by atoms with E-state index in [0.717, 1.165) is 11.3 Å². The number of nitrogens with two attached hydrogens (primary N) is 1. The zero-order valence-electron chi connectivity index (χ0n) is 8.83. The summed E-state index contributed by atoms with van der Waals surface area (Å²) in [6, 6.07) is 5.36. The summed E-state index contributed by atoms with van der Waals surface area (Å²) >= 11 is 18.0. The van der Waals surface area contributed by atoms with Crippen molar-refractivity contribution in [1.29, 1.82) is 0 Å². The molecule has 1 heterocycles. The van der Waals surface area contributed by atoms with Gasteiger partial charge in [-0.2, -0.15) is 5.10 Å². The van der Waals surface area contributed by atoms with E-state index < -0.39 is 0 Å². The van der Waals surface area contributed by atoms with Crippen molar-refractivity contribution in [3.8, 4) is 11.3 Å². The van der Waals surface area contributed by atoms with E-state index in [2.05, 4.69) is 5.10 Å². The Hall–Kier alpha value is -0.740. The van der Waals surface area contributed by atoms with Crippen molar-refractivity contribution >= 4 is 34.8 Å². The van der Waals surface area contributed by atoms with Crippen molar-refractivity contribution in [2.24, 2.45) is 5.73 Å². The Labute approximate surface area is 114 Å². The van der Waals surface area contributed by atoms with Gasteiger partial charge in [0.25, 0.3) is 0 Å². The molecule has 0 fully saturated rings. The fraction of sp³-hybridized carbons (Fsp3) is 0.182. The first-order valence-corrected chi connectivity index (χ1v) is 6.14. The van der Waals surface area contributed by atoms with E-state index in [4.69, 9.17) is 40.5 Å². The summed E-state index contributed by atoms with van der Waals surface area (Å²) < 4.78 is 1.76. The average molecular weight is 291 g/mol. The minimum absolute atomic E-state index is 0.346. The molecule has 0 saturated heterocycles. The molecule has 6 heteroatoms. The maximum Gasteiger partial charge on any atom is 0.0938 e. The Kier molecular flexibility index (Phi) is 3.94. The maximum absolute atomic E-state index is 6.13. The smallest absolute Gasteiger partial charge is 0.0938 e. The van der Waals surface area contributed by atoms with E-state index in [1.165, 1.54) is 0 Å². The van der Waals surface area contributed by atoms with Crippen LogP contribution in [0.15, 0.2) is 24.4 Å². The first-order valence-electron chi connectivity index (χ1n) is 5.01. The third-order valence-electron chi connectivity index (χ3n) is 2.31. The summed E-state index contributed by atoms with van der Waals surface area (Å²) in [5.41, 5.74) is 6.97. The molecule has 2 aromatic rings. The van der Waals surface area contributed by atoms with E-state index in [1.807, 2.05) is 12.3 Å². The fourth-order valence-electron chi connectivity index (χ4n) is 1.49. The summed E-state index contributed by atoms with van der Waals surface area (Å²) in [5, 5.41) is 5.55. The van der Waals surface area contributed by atoms with Gasteiger partial charge in [-0.3, -0.25) is 4.68 Å². The predicted molar refractivity (Wildman–Crippen MR) is 71.7 cm³/mol. The van der Waals surface area contributed by atoms with Crippen molar-refractivity contribution < 1.29 is 0 Å². The Morgan fingerprint density at radius 2 is 1.88 bits per heavy atom. The number of benzene rings is 1. The van der Waals surface area contributed by atoms with Crippen LogP contribution in [0, 0.1) is 0 Å². The average Bonchev–Trinajstić information content (AvgIpc) is 2.75. The molecule has 0 radical (unpaired) electrons. The lowest BCUT2D eigenvalue weighted by atomic mass is 10.1. The van der Waals surface area contributed by atoms with Gasteiger partial charge in [0.1, 0.15) is 0 Å².